The molecule has 150 valence electrons. The fourth-order valence-electron chi connectivity index (χ4n) is 3.83. The number of likely N-dealkylation sites (N-methyl/N-ethyl adjacent to an activating group) is 1. The monoisotopic (exact) mass is 388 g/mol. The zero-order valence-corrected chi connectivity index (χ0v) is 17.6. The van der Waals surface area contributed by atoms with Gasteiger partial charge in [0.25, 0.3) is 5.91 Å². The second-order valence-corrected chi connectivity index (χ2v) is 8.06. The third-order valence-corrected chi connectivity index (χ3v) is 5.68. The van der Waals surface area contributed by atoms with Gasteiger partial charge in [0.1, 0.15) is 5.65 Å². The summed E-state index contributed by atoms with van der Waals surface area (Å²) >= 11 is 0. The lowest BCUT2D eigenvalue weighted by Gasteiger charge is -2.29. The van der Waals surface area contributed by atoms with Crippen LogP contribution in [0.2, 0.25) is 0 Å². The molecule has 0 N–H and O–H groups in total. The molecule has 4 rings (SSSR count). The van der Waals surface area contributed by atoms with Crippen molar-refractivity contribution in [1.29, 1.82) is 0 Å². The van der Waals surface area contributed by atoms with Crippen LogP contribution >= 0.6 is 0 Å². The Morgan fingerprint density at radius 1 is 1.28 bits per heavy atom. The minimum atomic E-state index is 0.00675. The first-order chi connectivity index (χ1) is 13.9. The molecule has 0 bridgehead atoms. The fraction of sp³-hybridized carbons (Fsp3) is 0.333. The number of carbonyl (C=O) groups excluding carboxylic acids is 1. The van der Waals surface area contributed by atoms with Crippen molar-refractivity contribution in [3.8, 4) is 0 Å². The number of aromatic nitrogens is 2. The number of hydrogen-bond donors (Lipinski definition) is 0. The Bertz CT molecular complexity index is 1070. The van der Waals surface area contributed by atoms with E-state index in [1.54, 1.807) is 6.08 Å². The van der Waals surface area contributed by atoms with Crippen LogP contribution in [0, 0.1) is 6.92 Å². The number of imidazole rings is 1. The molecule has 0 radical (unpaired) electrons. The Labute approximate surface area is 172 Å². The van der Waals surface area contributed by atoms with Crippen LogP contribution in [0.15, 0.2) is 66.2 Å². The lowest BCUT2D eigenvalue weighted by Crippen LogP contribution is -2.34. The second-order valence-electron chi connectivity index (χ2n) is 8.06. The summed E-state index contributed by atoms with van der Waals surface area (Å²) in [5.41, 5.74) is 6.33. The second kappa shape index (κ2) is 7.84. The topological polar surface area (TPSA) is 40.9 Å². The molecule has 29 heavy (non-hydrogen) atoms. The number of rotatable bonds is 3. The molecular formula is C24H28N4O. The van der Waals surface area contributed by atoms with E-state index in [0.29, 0.717) is 0 Å². The third kappa shape index (κ3) is 4.10. The van der Waals surface area contributed by atoms with E-state index in [1.165, 1.54) is 5.57 Å². The van der Waals surface area contributed by atoms with Gasteiger partial charge in [0, 0.05) is 37.8 Å². The molecule has 2 aliphatic heterocycles. The van der Waals surface area contributed by atoms with Crippen LogP contribution in [-0.2, 0) is 4.79 Å². The normalized spacial score (nSPS) is 20.8. The minimum absolute atomic E-state index is 0.00675. The first kappa shape index (κ1) is 19.4. The van der Waals surface area contributed by atoms with Gasteiger partial charge in [-0.3, -0.25) is 4.79 Å². The lowest BCUT2D eigenvalue weighted by atomic mass is 9.97. The minimum Gasteiger partial charge on any atom is -0.308 e. The Balaban J connectivity index is 1.57. The molecule has 5 heteroatoms. The molecule has 0 aliphatic carbocycles. The molecule has 1 unspecified atom stereocenters. The predicted molar refractivity (Wildman–Crippen MR) is 117 cm³/mol. The van der Waals surface area contributed by atoms with Gasteiger partial charge in [-0.1, -0.05) is 18.2 Å². The molecule has 0 saturated carbocycles. The van der Waals surface area contributed by atoms with Gasteiger partial charge in [0.2, 0.25) is 0 Å². The summed E-state index contributed by atoms with van der Waals surface area (Å²) in [6.45, 7) is 8.02. The predicted octanol–water partition coefficient (Wildman–Crippen LogP) is 3.98. The van der Waals surface area contributed by atoms with Crippen LogP contribution in [0.25, 0.3) is 11.2 Å². The molecule has 2 aliphatic rings. The summed E-state index contributed by atoms with van der Waals surface area (Å²) in [7, 11) is 2.13. The van der Waals surface area contributed by atoms with Gasteiger partial charge in [-0.15, -0.1) is 0 Å². The highest BCUT2D eigenvalue weighted by atomic mass is 16.2. The van der Waals surface area contributed by atoms with Crippen molar-refractivity contribution >= 4 is 17.1 Å². The molecule has 1 amide bonds. The van der Waals surface area contributed by atoms with Crippen LogP contribution in [0.5, 0.6) is 0 Å². The molecule has 4 heterocycles. The summed E-state index contributed by atoms with van der Waals surface area (Å²) in [4.78, 5) is 21.7. The van der Waals surface area contributed by atoms with Crippen molar-refractivity contribution < 1.29 is 4.79 Å². The number of allylic oxidation sites excluding steroid dienone is 3. The molecule has 5 nitrogen and oxygen atoms in total. The summed E-state index contributed by atoms with van der Waals surface area (Å²) in [6.07, 6.45) is 15.3. The molecule has 0 spiro atoms. The summed E-state index contributed by atoms with van der Waals surface area (Å²) in [6, 6.07) is 4.05. The zero-order valence-electron chi connectivity index (χ0n) is 17.6. The Kier molecular flexibility index (Phi) is 5.24. The van der Waals surface area contributed by atoms with Crippen molar-refractivity contribution in [3.63, 3.8) is 0 Å². The maximum Gasteiger partial charge on any atom is 0.251 e. The highest BCUT2D eigenvalue weighted by molar-refractivity contribution is 5.96. The number of hydrogen-bond acceptors (Lipinski definition) is 3. The number of carbonyl (C=O) groups is 1. The summed E-state index contributed by atoms with van der Waals surface area (Å²) in [5, 5.41) is 0. The van der Waals surface area contributed by atoms with E-state index in [1.807, 2.05) is 60.8 Å². The van der Waals surface area contributed by atoms with Gasteiger partial charge in [-0.2, -0.15) is 0 Å². The first-order valence-corrected chi connectivity index (χ1v) is 10.1. The van der Waals surface area contributed by atoms with Gasteiger partial charge in [0.15, 0.2) is 0 Å². The molecule has 0 fully saturated rings. The molecule has 0 saturated heterocycles. The Morgan fingerprint density at radius 2 is 2.10 bits per heavy atom. The van der Waals surface area contributed by atoms with Crippen LogP contribution in [0.1, 0.15) is 31.5 Å². The van der Waals surface area contributed by atoms with E-state index in [4.69, 9.17) is 0 Å². The van der Waals surface area contributed by atoms with Crippen molar-refractivity contribution in [2.45, 2.75) is 33.2 Å². The lowest BCUT2D eigenvalue weighted by molar-refractivity contribution is -0.124. The average molecular weight is 389 g/mol. The summed E-state index contributed by atoms with van der Waals surface area (Å²) in [5.74, 6) is 0.00675. The van der Waals surface area contributed by atoms with Crippen molar-refractivity contribution in [2.75, 3.05) is 20.1 Å². The maximum absolute atomic E-state index is 13.1. The number of pyridine rings is 1. The smallest absolute Gasteiger partial charge is 0.251 e. The first-order valence-electron chi connectivity index (χ1n) is 10.1. The molecule has 2 aromatic rings. The number of aryl methyl sites for hydroxylation is 1. The summed E-state index contributed by atoms with van der Waals surface area (Å²) < 4.78 is 2.00. The number of nitrogens with zero attached hydrogens (tertiary/aromatic N) is 4. The SMILES string of the molecule is C/C(=C\C(=O)N1C=C(C2=CCN(C)CC2)C=CC1C)c1ccc2nc(C)cn2c1. The van der Waals surface area contributed by atoms with E-state index >= 15 is 0 Å². The van der Waals surface area contributed by atoms with E-state index in [9.17, 15) is 4.79 Å². The molecule has 1 atom stereocenters. The van der Waals surface area contributed by atoms with Crippen LogP contribution < -0.4 is 0 Å². The Hall–Kier alpha value is -2.92. The highest BCUT2D eigenvalue weighted by Crippen LogP contribution is 2.25. The van der Waals surface area contributed by atoms with Gasteiger partial charge >= 0.3 is 0 Å². The standard InChI is InChI=1S/C24H28N4O/c1-17(21-7-8-23-25-18(2)14-27(23)15-21)13-24(29)28-16-22(6-5-19(28)3)20-9-11-26(4)12-10-20/h5-9,13-16,19H,10-12H2,1-4H3/b17-13+. The van der Waals surface area contributed by atoms with Gasteiger partial charge in [-0.25, -0.2) is 4.98 Å². The van der Waals surface area contributed by atoms with Crippen molar-refractivity contribution in [2.24, 2.45) is 0 Å². The average Bonchev–Trinajstić information content (AvgIpc) is 3.08. The van der Waals surface area contributed by atoms with Crippen molar-refractivity contribution in [3.05, 3.63) is 77.4 Å². The largest absolute Gasteiger partial charge is 0.308 e. The third-order valence-electron chi connectivity index (χ3n) is 5.68. The fourth-order valence-corrected chi connectivity index (χ4v) is 3.83. The van der Waals surface area contributed by atoms with Crippen LogP contribution in [-0.4, -0.2) is 51.3 Å². The molecule has 0 aromatic carbocycles. The zero-order chi connectivity index (χ0) is 20.5. The van der Waals surface area contributed by atoms with Gasteiger partial charge in [0.05, 0.1) is 11.7 Å². The van der Waals surface area contributed by atoms with Gasteiger partial charge in [-0.05, 0) is 68.7 Å². The maximum atomic E-state index is 13.1. The van der Waals surface area contributed by atoms with E-state index in [0.717, 1.165) is 47.6 Å². The van der Waals surface area contributed by atoms with Crippen LogP contribution in [0.3, 0.4) is 0 Å². The highest BCUT2D eigenvalue weighted by Gasteiger charge is 2.21. The number of fused-ring (bicyclic) bond motifs is 1. The Morgan fingerprint density at radius 3 is 2.86 bits per heavy atom. The van der Waals surface area contributed by atoms with E-state index in [-0.39, 0.29) is 11.9 Å². The van der Waals surface area contributed by atoms with Crippen molar-refractivity contribution in [1.82, 2.24) is 19.2 Å². The molecular weight excluding hydrogens is 360 g/mol. The molecule has 2 aromatic heterocycles. The van der Waals surface area contributed by atoms with E-state index in [2.05, 4.69) is 35.2 Å². The quantitative estimate of drug-likeness (QED) is 0.747. The number of amides is 1. The van der Waals surface area contributed by atoms with E-state index < -0.39 is 0 Å². The van der Waals surface area contributed by atoms with Crippen LogP contribution in [0.4, 0.5) is 0 Å². The van der Waals surface area contributed by atoms with Gasteiger partial charge < -0.3 is 14.2 Å².